The van der Waals surface area contributed by atoms with Crippen molar-refractivity contribution in [2.24, 2.45) is 4.99 Å². The predicted octanol–water partition coefficient (Wildman–Crippen LogP) is 10.4. The Balaban J connectivity index is 1.19. The highest BCUT2D eigenvalue weighted by molar-refractivity contribution is 6.11. The molecule has 0 saturated heterocycles. The molecule has 0 radical (unpaired) electrons. The third-order valence-corrected chi connectivity index (χ3v) is 10.3. The lowest BCUT2D eigenvalue weighted by molar-refractivity contribution is 0.547. The average Bonchev–Trinajstić information content (AvgIpc) is 3.56. The molecular formula is C44H35N3. The third-order valence-electron chi connectivity index (χ3n) is 10.3. The summed E-state index contributed by atoms with van der Waals surface area (Å²) in [5.41, 5.74) is 12.9. The number of amidine groups is 1. The van der Waals surface area contributed by atoms with Gasteiger partial charge in [-0.3, -0.25) is 0 Å². The van der Waals surface area contributed by atoms with Crippen LogP contribution in [0.3, 0.4) is 0 Å². The molecule has 0 spiro atoms. The van der Waals surface area contributed by atoms with Gasteiger partial charge in [0.1, 0.15) is 5.84 Å². The van der Waals surface area contributed by atoms with Crippen LogP contribution in [0.2, 0.25) is 0 Å². The smallest absolute Gasteiger partial charge is 0.134 e. The molecule has 226 valence electrons. The summed E-state index contributed by atoms with van der Waals surface area (Å²) in [7, 11) is 0. The highest BCUT2D eigenvalue weighted by Gasteiger charge is 2.36. The van der Waals surface area contributed by atoms with E-state index in [1.807, 2.05) is 6.07 Å². The first-order valence-corrected chi connectivity index (χ1v) is 16.4. The molecule has 0 unspecified atom stereocenters. The van der Waals surface area contributed by atoms with Gasteiger partial charge in [-0.2, -0.15) is 0 Å². The van der Waals surface area contributed by atoms with Gasteiger partial charge in [-0.15, -0.1) is 0 Å². The van der Waals surface area contributed by atoms with Gasteiger partial charge in [-0.25, -0.2) is 4.99 Å². The van der Waals surface area contributed by atoms with Crippen LogP contribution in [0.1, 0.15) is 48.6 Å². The zero-order valence-electron chi connectivity index (χ0n) is 26.8. The number of hydrogen-bond acceptors (Lipinski definition) is 2. The van der Waals surface area contributed by atoms with E-state index in [1.54, 1.807) is 0 Å². The highest BCUT2D eigenvalue weighted by Crippen LogP contribution is 2.51. The van der Waals surface area contributed by atoms with Gasteiger partial charge in [0.25, 0.3) is 0 Å². The third kappa shape index (κ3) is 4.23. The predicted molar refractivity (Wildman–Crippen MR) is 196 cm³/mol. The molecular weight excluding hydrogens is 571 g/mol. The lowest BCUT2D eigenvalue weighted by Crippen LogP contribution is -2.44. The van der Waals surface area contributed by atoms with E-state index in [1.165, 1.54) is 49.6 Å². The zero-order chi connectivity index (χ0) is 31.8. The van der Waals surface area contributed by atoms with Gasteiger partial charge < -0.3 is 9.88 Å². The number of aliphatic imine (C=N–C) groups is 1. The molecule has 6 aromatic carbocycles. The van der Waals surface area contributed by atoms with Crippen molar-refractivity contribution in [3.63, 3.8) is 0 Å². The molecule has 1 aromatic heterocycles. The Labute approximate surface area is 275 Å². The van der Waals surface area contributed by atoms with Crippen molar-refractivity contribution < 1.29 is 0 Å². The van der Waals surface area contributed by atoms with Crippen molar-refractivity contribution in [2.45, 2.75) is 31.7 Å². The van der Waals surface area contributed by atoms with Gasteiger partial charge in [0, 0.05) is 33.0 Å². The Hall–Kier alpha value is -5.67. The SMILES string of the molecule is CC1(C)c2ccccc2-c2cc3c(cc21)c1ccccc1n3-c1ccc(C2=C[C@](C)(c3ccccc3)NC(c3ccccc3)=N2)cc1. The molecule has 0 fully saturated rings. The van der Waals surface area contributed by atoms with Gasteiger partial charge in [0.05, 0.1) is 22.3 Å². The second-order valence-electron chi connectivity index (χ2n) is 13.5. The normalized spacial score (nSPS) is 17.9. The number of para-hydroxylation sites is 1. The van der Waals surface area contributed by atoms with E-state index in [0.29, 0.717) is 0 Å². The quantitative estimate of drug-likeness (QED) is 0.213. The molecule has 0 bridgehead atoms. The van der Waals surface area contributed by atoms with Crippen molar-refractivity contribution in [3.8, 4) is 16.8 Å². The Morgan fingerprint density at radius 3 is 2.02 bits per heavy atom. The number of fused-ring (bicyclic) bond motifs is 6. The van der Waals surface area contributed by atoms with Crippen molar-refractivity contribution in [2.75, 3.05) is 0 Å². The lowest BCUT2D eigenvalue weighted by atomic mass is 9.82. The molecule has 2 aliphatic rings. The minimum Gasteiger partial charge on any atom is -0.357 e. The summed E-state index contributed by atoms with van der Waals surface area (Å²) in [5, 5.41) is 6.31. The Morgan fingerprint density at radius 2 is 1.23 bits per heavy atom. The fourth-order valence-corrected chi connectivity index (χ4v) is 7.78. The van der Waals surface area contributed by atoms with E-state index in [9.17, 15) is 0 Å². The van der Waals surface area contributed by atoms with Gasteiger partial charge >= 0.3 is 0 Å². The molecule has 1 N–H and O–H groups in total. The van der Waals surface area contributed by atoms with Crippen LogP contribution in [-0.2, 0) is 11.0 Å². The van der Waals surface area contributed by atoms with Crippen LogP contribution >= 0.6 is 0 Å². The maximum atomic E-state index is 5.17. The molecule has 0 amide bonds. The van der Waals surface area contributed by atoms with Gasteiger partial charge in [-0.05, 0) is 71.1 Å². The number of rotatable bonds is 4. The fraction of sp³-hybridized carbons (Fsp3) is 0.114. The molecule has 47 heavy (non-hydrogen) atoms. The molecule has 9 rings (SSSR count). The van der Waals surface area contributed by atoms with Crippen LogP contribution in [0.15, 0.2) is 157 Å². The first-order valence-electron chi connectivity index (χ1n) is 16.4. The Kier molecular flexibility index (Phi) is 5.98. The van der Waals surface area contributed by atoms with Crippen LogP contribution < -0.4 is 5.32 Å². The van der Waals surface area contributed by atoms with Gasteiger partial charge in [0.2, 0.25) is 0 Å². The first kappa shape index (κ1) is 27.6. The molecule has 1 atom stereocenters. The van der Waals surface area contributed by atoms with Gasteiger partial charge in [0.15, 0.2) is 0 Å². The van der Waals surface area contributed by atoms with Crippen LogP contribution in [0.4, 0.5) is 0 Å². The summed E-state index contributed by atoms with van der Waals surface area (Å²) in [6.07, 6.45) is 2.26. The van der Waals surface area contributed by atoms with E-state index in [0.717, 1.165) is 28.3 Å². The average molecular weight is 606 g/mol. The zero-order valence-corrected chi connectivity index (χ0v) is 26.8. The minimum atomic E-state index is -0.417. The molecule has 2 heterocycles. The lowest BCUT2D eigenvalue weighted by Gasteiger charge is -2.34. The summed E-state index contributed by atoms with van der Waals surface area (Å²) in [5.74, 6) is 0.873. The van der Waals surface area contributed by atoms with Crippen molar-refractivity contribution in [3.05, 3.63) is 179 Å². The summed E-state index contributed by atoms with van der Waals surface area (Å²) in [6.45, 7) is 6.93. The summed E-state index contributed by atoms with van der Waals surface area (Å²) >= 11 is 0. The van der Waals surface area contributed by atoms with E-state index in [-0.39, 0.29) is 5.41 Å². The molecule has 0 saturated carbocycles. The van der Waals surface area contributed by atoms with Crippen molar-refractivity contribution in [1.29, 1.82) is 0 Å². The summed E-state index contributed by atoms with van der Waals surface area (Å²) in [4.78, 5) is 5.17. The minimum absolute atomic E-state index is 0.0408. The number of nitrogens with one attached hydrogen (secondary N) is 1. The number of aromatic nitrogens is 1. The summed E-state index contributed by atoms with van der Waals surface area (Å²) < 4.78 is 2.42. The molecule has 1 aliphatic heterocycles. The maximum Gasteiger partial charge on any atom is 0.134 e. The Morgan fingerprint density at radius 1 is 0.553 bits per heavy atom. The number of benzene rings is 6. The number of hydrogen-bond donors (Lipinski definition) is 1. The van der Waals surface area contributed by atoms with E-state index in [2.05, 4.69) is 176 Å². The van der Waals surface area contributed by atoms with Crippen LogP contribution in [0, 0.1) is 0 Å². The second kappa shape index (κ2) is 10.2. The largest absolute Gasteiger partial charge is 0.357 e. The fourth-order valence-electron chi connectivity index (χ4n) is 7.78. The first-order chi connectivity index (χ1) is 22.9. The van der Waals surface area contributed by atoms with Crippen molar-refractivity contribution in [1.82, 2.24) is 9.88 Å². The maximum absolute atomic E-state index is 5.17. The monoisotopic (exact) mass is 605 g/mol. The molecule has 3 nitrogen and oxygen atoms in total. The molecule has 3 heteroatoms. The standard InChI is InChI=1S/C44H35N3/c1-43(2)37-20-12-10-18-33(37)35-27-41-36(26-38(35)43)34-19-11-13-21-40(34)47(41)32-24-22-29(23-25-32)39-28-44(3,31-16-8-5-9-17-31)46-42(45-39)30-14-6-4-7-15-30/h4-28H,1-3H3,(H,45,46)/t44-/m1/s1. The van der Waals surface area contributed by atoms with E-state index < -0.39 is 5.54 Å². The van der Waals surface area contributed by atoms with Crippen molar-refractivity contribution >= 4 is 33.3 Å². The molecule has 7 aromatic rings. The molecule has 1 aliphatic carbocycles. The second-order valence-corrected chi connectivity index (χ2v) is 13.5. The Bertz CT molecular complexity index is 2390. The summed E-state index contributed by atoms with van der Waals surface area (Å²) in [6, 6.07) is 52.5. The topological polar surface area (TPSA) is 29.3 Å². The van der Waals surface area contributed by atoms with Crippen LogP contribution in [-0.4, -0.2) is 10.4 Å². The number of nitrogens with zero attached hydrogens (tertiary/aromatic N) is 2. The van der Waals surface area contributed by atoms with Gasteiger partial charge in [-0.1, -0.05) is 129 Å². The van der Waals surface area contributed by atoms with E-state index in [4.69, 9.17) is 4.99 Å². The van der Waals surface area contributed by atoms with Crippen LogP contribution in [0.25, 0.3) is 44.3 Å². The van der Waals surface area contributed by atoms with Crippen LogP contribution in [0.5, 0.6) is 0 Å². The van der Waals surface area contributed by atoms with E-state index >= 15 is 0 Å². The highest BCUT2D eigenvalue weighted by atomic mass is 15.1.